The molecule has 1 aromatic carbocycles. The molecule has 2 rings (SSSR count). The zero-order valence-corrected chi connectivity index (χ0v) is 13.8. The van der Waals surface area contributed by atoms with Gasteiger partial charge in [0.15, 0.2) is 0 Å². The molecule has 23 heavy (non-hydrogen) atoms. The molecule has 0 aromatic heterocycles. The zero-order valence-electron chi connectivity index (χ0n) is 13.0. The Labute approximate surface area is 138 Å². The third-order valence-electron chi connectivity index (χ3n) is 3.79. The van der Waals surface area contributed by atoms with Crippen LogP contribution in [0.5, 0.6) is 0 Å². The predicted molar refractivity (Wildman–Crippen MR) is 85.8 cm³/mol. The number of carbonyl (C=O) groups is 1. The van der Waals surface area contributed by atoms with Crippen molar-refractivity contribution in [3.8, 4) is 0 Å². The summed E-state index contributed by atoms with van der Waals surface area (Å²) < 4.78 is 37.8. The van der Waals surface area contributed by atoms with Crippen LogP contribution in [0.3, 0.4) is 0 Å². The molecular formula is C16H21F3N2OS. The van der Waals surface area contributed by atoms with Gasteiger partial charge in [-0.2, -0.15) is 13.2 Å². The SMILES string of the molecule is CCSc1ccccc1C(=O)N(CCC(F)(F)F)C1CCNC1. The van der Waals surface area contributed by atoms with Crippen molar-refractivity contribution in [3.63, 3.8) is 0 Å². The van der Waals surface area contributed by atoms with Crippen molar-refractivity contribution in [2.45, 2.75) is 36.9 Å². The van der Waals surface area contributed by atoms with E-state index in [0.717, 1.165) is 17.2 Å². The number of alkyl halides is 3. The van der Waals surface area contributed by atoms with E-state index in [1.165, 1.54) is 16.7 Å². The third-order valence-corrected chi connectivity index (χ3v) is 4.75. The van der Waals surface area contributed by atoms with Gasteiger partial charge >= 0.3 is 6.18 Å². The van der Waals surface area contributed by atoms with Gasteiger partial charge in [0.1, 0.15) is 0 Å². The van der Waals surface area contributed by atoms with E-state index in [1.807, 2.05) is 19.1 Å². The van der Waals surface area contributed by atoms with Crippen LogP contribution in [-0.2, 0) is 0 Å². The van der Waals surface area contributed by atoms with E-state index in [0.29, 0.717) is 18.5 Å². The lowest BCUT2D eigenvalue weighted by Gasteiger charge is -2.29. The number of halogens is 3. The molecule has 128 valence electrons. The Morgan fingerprint density at radius 2 is 2.13 bits per heavy atom. The lowest BCUT2D eigenvalue weighted by atomic mass is 10.1. The normalized spacial score (nSPS) is 18.2. The summed E-state index contributed by atoms with van der Waals surface area (Å²) in [5.41, 5.74) is 0.494. The van der Waals surface area contributed by atoms with E-state index in [1.54, 1.807) is 12.1 Å². The van der Waals surface area contributed by atoms with Gasteiger partial charge in [0, 0.05) is 24.0 Å². The largest absolute Gasteiger partial charge is 0.390 e. The first kappa shape index (κ1) is 18.1. The molecule has 1 aliphatic rings. The van der Waals surface area contributed by atoms with Gasteiger partial charge in [0.2, 0.25) is 0 Å². The number of hydrogen-bond acceptors (Lipinski definition) is 3. The van der Waals surface area contributed by atoms with Crippen molar-refractivity contribution in [2.75, 3.05) is 25.4 Å². The fourth-order valence-electron chi connectivity index (χ4n) is 2.68. The summed E-state index contributed by atoms with van der Waals surface area (Å²) in [6, 6.07) is 6.96. The Morgan fingerprint density at radius 3 is 2.74 bits per heavy atom. The van der Waals surface area contributed by atoms with Crippen LogP contribution in [0.4, 0.5) is 13.2 Å². The summed E-state index contributed by atoms with van der Waals surface area (Å²) in [6.45, 7) is 2.96. The Balaban J connectivity index is 2.21. The second-order valence-electron chi connectivity index (χ2n) is 5.44. The van der Waals surface area contributed by atoms with E-state index in [2.05, 4.69) is 5.32 Å². The maximum atomic E-state index is 12.9. The van der Waals surface area contributed by atoms with Crippen molar-refractivity contribution in [3.05, 3.63) is 29.8 Å². The maximum Gasteiger partial charge on any atom is 0.390 e. The second kappa shape index (κ2) is 8.06. The molecule has 1 heterocycles. The van der Waals surface area contributed by atoms with Crippen LogP contribution in [0.25, 0.3) is 0 Å². The first-order chi connectivity index (χ1) is 10.9. The summed E-state index contributed by atoms with van der Waals surface area (Å²) >= 11 is 1.53. The molecular weight excluding hydrogens is 325 g/mol. The van der Waals surface area contributed by atoms with Gasteiger partial charge in [0.25, 0.3) is 5.91 Å². The highest BCUT2D eigenvalue weighted by Gasteiger charge is 2.33. The van der Waals surface area contributed by atoms with Crippen LogP contribution < -0.4 is 5.32 Å². The summed E-state index contributed by atoms with van der Waals surface area (Å²) in [5, 5.41) is 3.12. The van der Waals surface area contributed by atoms with Gasteiger partial charge in [0.05, 0.1) is 12.0 Å². The first-order valence-electron chi connectivity index (χ1n) is 7.72. The molecule has 0 aliphatic carbocycles. The van der Waals surface area contributed by atoms with Gasteiger partial charge in [-0.15, -0.1) is 11.8 Å². The lowest BCUT2D eigenvalue weighted by molar-refractivity contribution is -0.137. The molecule has 1 aliphatic heterocycles. The Morgan fingerprint density at radius 1 is 1.39 bits per heavy atom. The molecule has 1 saturated heterocycles. The molecule has 1 unspecified atom stereocenters. The van der Waals surface area contributed by atoms with Crippen LogP contribution in [0.2, 0.25) is 0 Å². The van der Waals surface area contributed by atoms with Gasteiger partial charge in [-0.25, -0.2) is 0 Å². The molecule has 0 spiro atoms. The molecule has 1 amide bonds. The molecule has 0 saturated carbocycles. The molecule has 3 nitrogen and oxygen atoms in total. The molecule has 1 atom stereocenters. The summed E-state index contributed by atoms with van der Waals surface area (Å²) in [6.07, 6.45) is -4.55. The van der Waals surface area contributed by atoms with Gasteiger partial charge in [-0.3, -0.25) is 4.79 Å². The monoisotopic (exact) mass is 346 g/mol. The third kappa shape index (κ3) is 5.14. The van der Waals surface area contributed by atoms with Crippen molar-refractivity contribution in [1.29, 1.82) is 0 Å². The summed E-state index contributed by atoms with van der Waals surface area (Å²) in [7, 11) is 0. The van der Waals surface area contributed by atoms with Crippen LogP contribution in [0, 0.1) is 0 Å². The van der Waals surface area contributed by atoms with Crippen molar-refractivity contribution in [1.82, 2.24) is 10.2 Å². The molecule has 1 fully saturated rings. The quantitative estimate of drug-likeness (QED) is 0.800. The van der Waals surface area contributed by atoms with E-state index >= 15 is 0 Å². The minimum atomic E-state index is -4.26. The zero-order chi connectivity index (χ0) is 16.9. The van der Waals surface area contributed by atoms with Crippen LogP contribution in [-0.4, -0.2) is 48.4 Å². The average Bonchev–Trinajstić information content (AvgIpc) is 3.01. The highest BCUT2D eigenvalue weighted by atomic mass is 32.2. The number of benzene rings is 1. The number of nitrogens with one attached hydrogen (secondary N) is 1. The highest BCUT2D eigenvalue weighted by Crippen LogP contribution is 2.27. The molecule has 1 aromatic rings. The molecule has 0 radical (unpaired) electrons. The fraction of sp³-hybridized carbons (Fsp3) is 0.562. The smallest absolute Gasteiger partial charge is 0.334 e. The first-order valence-corrected chi connectivity index (χ1v) is 8.71. The summed E-state index contributed by atoms with van der Waals surface area (Å²) in [4.78, 5) is 15.1. The van der Waals surface area contributed by atoms with E-state index < -0.39 is 12.6 Å². The Bertz CT molecular complexity index is 530. The van der Waals surface area contributed by atoms with Gasteiger partial charge in [-0.05, 0) is 30.9 Å². The van der Waals surface area contributed by atoms with Crippen LogP contribution in [0.1, 0.15) is 30.1 Å². The topological polar surface area (TPSA) is 32.3 Å². The average molecular weight is 346 g/mol. The minimum absolute atomic E-state index is 0.176. The van der Waals surface area contributed by atoms with Crippen LogP contribution in [0.15, 0.2) is 29.2 Å². The van der Waals surface area contributed by atoms with E-state index in [-0.39, 0.29) is 18.5 Å². The van der Waals surface area contributed by atoms with Crippen molar-refractivity contribution in [2.24, 2.45) is 0 Å². The second-order valence-corrected chi connectivity index (χ2v) is 6.75. The maximum absolute atomic E-state index is 12.9. The number of nitrogens with zero attached hydrogens (tertiary/aromatic N) is 1. The number of amides is 1. The Hall–Kier alpha value is -1.21. The summed E-state index contributed by atoms with van der Waals surface area (Å²) in [5.74, 6) is 0.497. The lowest BCUT2D eigenvalue weighted by Crippen LogP contribution is -2.43. The van der Waals surface area contributed by atoms with Crippen molar-refractivity contribution < 1.29 is 18.0 Å². The number of thioether (sulfide) groups is 1. The number of hydrogen-bond donors (Lipinski definition) is 1. The van der Waals surface area contributed by atoms with Gasteiger partial charge < -0.3 is 10.2 Å². The fourth-order valence-corrected chi connectivity index (χ4v) is 3.48. The predicted octanol–water partition coefficient (Wildman–Crippen LogP) is 3.56. The number of rotatable bonds is 6. The minimum Gasteiger partial charge on any atom is -0.334 e. The standard InChI is InChI=1S/C16H21F3N2OS/c1-2-23-14-6-4-3-5-13(14)15(22)21(10-8-16(17,18)19)12-7-9-20-11-12/h3-6,12,20H,2,7-11H2,1H3. The molecule has 1 N–H and O–H groups in total. The Kier molecular flexibility index (Phi) is 6.35. The highest BCUT2D eigenvalue weighted by molar-refractivity contribution is 7.99. The molecule has 0 bridgehead atoms. The van der Waals surface area contributed by atoms with Crippen molar-refractivity contribution >= 4 is 17.7 Å². The number of carbonyl (C=O) groups excluding carboxylic acids is 1. The van der Waals surface area contributed by atoms with E-state index in [4.69, 9.17) is 0 Å². The van der Waals surface area contributed by atoms with E-state index in [9.17, 15) is 18.0 Å². The molecule has 7 heteroatoms. The van der Waals surface area contributed by atoms with Gasteiger partial charge in [-0.1, -0.05) is 19.1 Å². The van der Waals surface area contributed by atoms with Crippen LogP contribution >= 0.6 is 11.8 Å².